The second-order valence-corrected chi connectivity index (χ2v) is 24.3. The van der Waals surface area contributed by atoms with Gasteiger partial charge in [-0.05, 0) is 60.1 Å². The van der Waals surface area contributed by atoms with Crippen LogP contribution in [0.1, 0.15) is 102 Å². The summed E-state index contributed by atoms with van der Waals surface area (Å²) in [6.45, 7) is 23.0. The molecule has 0 radical (unpaired) electrons. The van der Waals surface area contributed by atoms with E-state index in [9.17, 15) is 10.2 Å². The molecule has 2 aromatic rings. The molecule has 2 N–H and O–H groups in total. The molecule has 0 aliphatic carbocycles. The minimum Gasteiger partial charge on any atom is -0.507 e. The third kappa shape index (κ3) is 7.82. The zero-order valence-electron chi connectivity index (χ0n) is 27.2. The molecule has 220 valence electrons. The van der Waals surface area contributed by atoms with E-state index >= 15 is 0 Å². The number of hydrogen-bond acceptors (Lipinski definition) is 2. The Labute approximate surface area is 243 Å². The van der Waals surface area contributed by atoms with Crippen LogP contribution in [0, 0.1) is 13.8 Å². The Bertz CT molecular complexity index is 965. The summed E-state index contributed by atoms with van der Waals surface area (Å²) in [5.41, 5.74) is 6.42. The Kier molecular flexibility index (Phi) is 12.4. The van der Waals surface area contributed by atoms with Gasteiger partial charge in [0.15, 0.2) is 0 Å². The van der Waals surface area contributed by atoms with Gasteiger partial charge in [0.05, 0.1) is 16.1 Å². The first-order valence-electron chi connectivity index (χ1n) is 16.0. The van der Waals surface area contributed by atoms with Crippen molar-refractivity contribution in [3.8, 4) is 11.5 Å². The van der Waals surface area contributed by atoms with Crippen molar-refractivity contribution in [3.05, 3.63) is 57.6 Å². The fourth-order valence-electron chi connectivity index (χ4n) is 6.84. The van der Waals surface area contributed by atoms with Crippen LogP contribution in [0.4, 0.5) is 0 Å². The van der Waals surface area contributed by atoms with Gasteiger partial charge >= 0.3 is 0 Å². The number of aromatic hydroxyl groups is 2. The second kappa shape index (κ2) is 14.4. The highest BCUT2D eigenvalue weighted by molar-refractivity contribution is 6.80. The third-order valence-corrected chi connectivity index (χ3v) is 22.8. The lowest BCUT2D eigenvalue weighted by molar-refractivity contribution is 0.461. The molecule has 2 aromatic carbocycles. The molecule has 0 bridgehead atoms. The second-order valence-electron chi connectivity index (χ2n) is 13.1. The molecular formula is C35H60O2Si2. The lowest BCUT2D eigenvalue weighted by Gasteiger charge is -2.30. The summed E-state index contributed by atoms with van der Waals surface area (Å²) in [6, 6.07) is 19.7. The van der Waals surface area contributed by atoms with Gasteiger partial charge in [-0.3, -0.25) is 0 Å². The molecule has 2 rings (SSSR count). The Morgan fingerprint density at radius 2 is 0.872 bits per heavy atom. The molecule has 0 heterocycles. The lowest BCUT2D eigenvalue weighted by Crippen LogP contribution is -2.31. The Balaban J connectivity index is 2.34. The lowest BCUT2D eigenvalue weighted by atomic mass is 9.75. The van der Waals surface area contributed by atoms with Crippen LogP contribution in [0.2, 0.25) is 48.4 Å². The highest BCUT2D eigenvalue weighted by atomic mass is 28.3. The number of aryl methyl sites for hydroxylation is 4. The van der Waals surface area contributed by atoms with Crippen LogP contribution in [-0.4, -0.2) is 26.4 Å². The van der Waals surface area contributed by atoms with E-state index in [-0.39, 0.29) is 5.41 Å². The van der Waals surface area contributed by atoms with Gasteiger partial charge in [-0.2, -0.15) is 0 Å². The van der Waals surface area contributed by atoms with Gasteiger partial charge in [-0.15, -0.1) is 0 Å². The van der Waals surface area contributed by atoms with Crippen LogP contribution in [0.25, 0.3) is 0 Å². The van der Waals surface area contributed by atoms with Crippen molar-refractivity contribution in [2.24, 2.45) is 0 Å². The van der Waals surface area contributed by atoms with Gasteiger partial charge in [0.2, 0.25) is 0 Å². The third-order valence-electron chi connectivity index (χ3n) is 11.0. The van der Waals surface area contributed by atoms with E-state index in [1.807, 2.05) is 13.8 Å². The van der Waals surface area contributed by atoms with E-state index in [1.165, 1.54) is 72.3 Å². The quantitative estimate of drug-likeness (QED) is 0.198. The topological polar surface area (TPSA) is 40.5 Å². The molecule has 0 amide bonds. The number of hydrogen-bond donors (Lipinski definition) is 2. The van der Waals surface area contributed by atoms with E-state index < -0.39 is 16.1 Å². The van der Waals surface area contributed by atoms with Gasteiger partial charge in [0, 0.05) is 5.41 Å². The summed E-state index contributed by atoms with van der Waals surface area (Å²) in [5.74, 6) is 0.952. The molecule has 0 atom stereocenters. The zero-order valence-corrected chi connectivity index (χ0v) is 29.2. The van der Waals surface area contributed by atoms with Crippen LogP contribution in [0.5, 0.6) is 11.5 Å². The number of phenols is 2. The fraction of sp³-hybridized carbons (Fsp3) is 0.657. The molecule has 0 saturated heterocycles. The average Bonchev–Trinajstić information content (AvgIpc) is 2.93. The first kappa shape index (κ1) is 33.7. The molecular weight excluding hydrogens is 509 g/mol. The highest BCUT2D eigenvalue weighted by Crippen LogP contribution is 2.40. The molecule has 0 fully saturated rings. The molecule has 2 nitrogen and oxygen atoms in total. The van der Waals surface area contributed by atoms with Crippen molar-refractivity contribution in [2.75, 3.05) is 0 Å². The first-order chi connectivity index (χ1) is 18.4. The van der Waals surface area contributed by atoms with Crippen LogP contribution in [0.15, 0.2) is 24.3 Å². The van der Waals surface area contributed by atoms with E-state index in [1.54, 1.807) is 0 Å². The highest BCUT2D eigenvalue weighted by Gasteiger charge is 2.29. The maximum absolute atomic E-state index is 11.0. The predicted octanol–water partition coefficient (Wildman–Crippen LogP) is 10.9. The molecule has 0 saturated carbocycles. The molecule has 0 aliphatic heterocycles. The van der Waals surface area contributed by atoms with Crippen molar-refractivity contribution in [3.63, 3.8) is 0 Å². The normalized spacial score (nSPS) is 12.8. The molecule has 0 aliphatic rings. The summed E-state index contributed by atoms with van der Waals surface area (Å²) in [6.07, 6.45) is 4.23. The minimum atomic E-state index is -1.16. The Morgan fingerprint density at radius 1 is 0.564 bits per heavy atom. The maximum Gasteiger partial charge on any atom is 0.121 e. The first-order valence-corrected chi connectivity index (χ1v) is 21.7. The van der Waals surface area contributed by atoms with Crippen LogP contribution in [-0.2, 0) is 18.3 Å². The van der Waals surface area contributed by atoms with Crippen LogP contribution < -0.4 is 0 Å². The van der Waals surface area contributed by atoms with E-state index in [0.717, 1.165) is 35.1 Å². The zero-order chi connectivity index (χ0) is 29.4. The molecule has 39 heavy (non-hydrogen) atoms. The van der Waals surface area contributed by atoms with Crippen LogP contribution >= 0.6 is 0 Å². The van der Waals surface area contributed by atoms with E-state index in [2.05, 4.69) is 79.7 Å². The number of benzene rings is 2. The fourth-order valence-corrected chi connectivity index (χ4v) is 13.8. The Morgan fingerprint density at radius 3 is 1.15 bits per heavy atom. The standard InChI is InChI=1S/C35H60O2Si2/c1-11-38(12-2,13-3)21-17-19-29-25-31(23-27(7)33(29)36)35(9,10)32-24-28(8)34(37)30(26-32)20-18-22-39(14-4,15-5)16-6/h23-26,36-37H,11-22H2,1-10H3. The van der Waals surface area contributed by atoms with Crippen molar-refractivity contribution >= 4 is 16.1 Å². The van der Waals surface area contributed by atoms with Gasteiger partial charge in [-0.1, -0.05) is 141 Å². The van der Waals surface area contributed by atoms with E-state index in [4.69, 9.17) is 0 Å². The van der Waals surface area contributed by atoms with Gasteiger partial charge in [0.1, 0.15) is 11.5 Å². The smallest absolute Gasteiger partial charge is 0.121 e. The molecule has 0 spiro atoms. The average molecular weight is 569 g/mol. The summed E-state index contributed by atoms with van der Waals surface area (Å²) in [4.78, 5) is 0. The van der Waals surface area contributed by atoms with Crippen molar-refractivity contribution < 1.29 is 10.2 Å². The molecule has 0 unspecified atom stereocenters. The minimum absolute atomic E-state index is 0.218. The van der Waals surface area contributed by atoms with Crippen molar-refractivity contribution in [1.29, 1.82) is 0 Å². The van der Waals surface area contributed by atoms with Gasteiger partial charge in [-0.25, -0.2) is 0 Å². The summed E-state index contributed by atoms with van der Waals surface area (Å²) in [5, 5.41) is 22.0. The monoisotopic (exact) mass is 568 g/mol. The van der Waals surface area contributed by atoms with E-state index in [0.29, 0.717) is 11.5 Å². The summed E-state index contributed by atoms with van der Waals surface area (Å²) < 4.78 is 0. The number of phenolic OH excluding ortho intramolecular Hbond substituents is 2. The summed E-state index contributed by atoms with van der Waals surface area (Å²) >= 11 is 0. The van der Waals surface area contributed by atoms with Crippen molar-refractivity contribution in [2.45, 2.75) is 149 Å². The molecule has 4 heteroatoms. The number of rotatable bonds is 16. The Hall–Kier alpha value is -1.53. The molecule has 0 aromatic heterocycles. The predicted molar refractivity (Wildman–Crippen MR) is 178 cm³/mol. The largest absolute Gasteiger partial charge is 0.507 e. The van der Waals surface area contributed by atoms with Gasteiger partial charge < -0.3 is 10.2 Å². The van der Waals surface area contributed by atoms with Gasteiger partial charge in [0.25, 0.3) is 0 Å². The van der Waals surface area contributed by atoms with Crippen LogP contribution in [0.3, 0.4) is 0 Å². The maximum atomic E-state index is 11.0. The van der Waals surface area contributed by atoms with Crippen molar-refractivity contribution in [1.82, 2.24) is 0 Å². The SMILES string of the molecule is CC[Si](CC)(CC)CCCc1cc(C(C)(C)c2cc(C)c(O)c(CCC[Si](CC)(CC)CC)c2)cc(C)c1O. The summed E-state index contributed by atoms with van der Waals surface area (Å²) in [7, 11) is -2.31.